The normalized spacial score (nSPS) is 11.1. The van der Waals surface area contributed by atoms with Crippen molar-refractivity contribution in [3.63, 3.8) is 0 Å². The highest BCUT2D eigenvalue weighted by Crippen LogP contribution is 2.12. The summed E-state index contributed by atoms with van der Waals surface area (Å²) in [5.74, 6) is -2.18. The Labute approximate surface area is 156 Å². The number of halogens is 3. The largest absolute Gasteiger partial charge is 0.346 e. The molecule has 0 saturated carbocycles. The van der Waals surface area contributed by atoms with Gasteiger partial charge in [-0.05, 0) is 24.3 Å². The van der Waals surface area contributed by atoms with Gasteiger partial charge in [-0.25, -0.2) is 8.78 Å². The van der Waals surface area contributed by atoms with E-state index in [4.69, 9.17) is 11.6 Å². The molecule has 2 N–H and O–H groups in total. The molecule has 27 heavy (non-hydrogen) atoms. The van der Waals surface area contributed by atoms with E-state index in [0.717, 1.165) is 23.0 Å². The van der Waals surface area contributed by atoms with Gasteiger partial charge in [-0.2, -0.15) is 10.3 Å². The molecule has 10 heteroatoms. The number of hydrogen-bond donors (Lipinski definition) is 2. The van der Waals surface area contributed by atoms with Crippen molar-refractivity contribution in [1.82, 2.24) is 20.4 Å². The minimum Gasteiger partial charge on any atom is -0.346 e. The average Bonchev–Trinajstić information content (AvgIpc) is 3.02. The van der Waals surface area contributed by atoms with E-state index in [0.29, 0.717) is 10.6 Å². The summed E-state index contributed by atoms with van der Waals surface area (Å²) >= 11 is 5.98. The fourth-order valence-corrected chi connectivity index (χ4v) is 2.34. The summed E-state index contributed by atoms with van der Waals surface area (Å²) in [6, 6.07) is 9.69. The van der Waals surface area contributed by atoms with Crippen LogP contribution in [0, 0.1) is 11.6 Å². The molecule has 1 aromatic heterocycles. The van der Waals surface area contributed by atoms with Gasteiger partial charge in [0, 0.05) is 22.7 Å². The lowest BCUT2D eigenvalue weighted by atomic mass is 10.2. The maximum absolute atomic E-state index is 13.6. The van der Waals surface area contributed by atoms with Gasteiger partial charge in [-0.1, -0.05) is 29.8 Å². The smallest absolute Gasteiger partial charge is 0.320 e. The first-order valence-electron chi connectivity index (χ1n) is 7.64. The van der Waals surface area contributed by atoms with E-state index in [1.54, 1.807) is 24.3 Å². The van der Waals surface area contributed by atoms with Crippen molar-refractivity contribution >= 4 is 23.7 Å². The molecule has 1 heterocycles. The number of nitrogens with one attached hydrogen (secondary N) is 2. The third-order valence-electron chi connectivity index (χ3n) is 3.53. The quantitative estimate of drug-likeness (QED) is 0.654. The van der Waals surface area contributed by atoms with Gasteiger partial charge in [0.05, 0.1) is 6.21 Å². The van der Waals surface area contributed by atoms with E-state index in [1.165, 1.54) is 6.21 Å². The number of benzene rings is 2. The van der Waals surface area contributed by atoms with Crippen LogP contribution in [0.4, 0.5) is 8.78 Å². The van der Waals surface area contributed by atoms with Crippen molar-refractivity contribution < 1.29 is 13.6 Å². The fraction of sp³-hybridized carbons (Fsp3) is 0.0588. The molecule has 0 unspecified atom stereocenters. The summed E-state index contributed by atoms with van der Waals surface area (Å²) in [4.78, 5) is 25.0. The Morgan fingerprint density at radius 2 is 2.07 bits per heavy atom. The summed E-state index contributed by atoms with van der Waals surface area (Å²) in [5, 5.41) is 12.5. The molecule has 7 nitrogen and oxygen atoms in total. The molecule has 0 aliphatic rings. The van der Waals surface area contributed by atoms with Crippen LogP contribution in [0.5, 0.6) is 0 Å². The molecule has 0 fully saturated rings. The summed E-state index contributed by atoms with van der Waals surface area (Å²) in [5.41, 5.74) is -0.775. The molecule has 1 amide bonds. The molecular formula is C17H12ClF2N5O2. The Kier molecular flexibility index (Phi) is 5.41. The van der Waals surface area contributed by atoms with Crippen LogP contribution < -0.4 is 10.9 Å². The first-order chi connectivity index (χ1) is 13.0. The van der Waals surface area contributed by atoms with Gasteiger partial charge in [0.15, 0.2) is 0 Å². The lowest BCUT2D eigenvalue weighted by Crippen LogP contribution is -2.29. The molecule has 0 bridgehead atoms. The number of aromatic amines is 1. The second kappa shape index (κ2) is 7.92. The van der Waals surface area contributed by atoms with Crippen LogP contribution in [-0.4, -0.2) is 27.2 Å². The third kappa shape index (κ3) is 4.26. The van der Waals surface area contributed by atoms with Gasteiger partial charge in [-0.3, -0.25) is 9.59 Å². The highest BCUT2D eigenvalue weighted by atomic mass is 35.5. The number of aromatic nitrogens is 3. The third-order valence-corrected chi connectivity index (χ3v) is 3.88. The topological polar surface area (TPSA) is 92.1 Å². The minimum atomic E-state index is -0.855. The van der Waals surface area contributed by atoms with Crippen LogP contribution in [-0.2, 0) is 6.54 Å². The molecule has 2 aromatic carbocycles. The molecule has 0 aliphatic carbocycles. The van der Waals surface area contributed by atoms with Crippen LogP contribution in [0.2, 0.25) is 5.02 Å². The zero-order chi connectivity index (χ0) is 19.4. The lowest BCUT2D eigenvalue weighted by Gasteiger charge is -2.04. The number of carbonyl (C=O) groups is 1. The highest BCUT2D eigenvalue weighted by Gasteiger charge is 2.17. The number of H-pyrrole nitrogens is 1. The van der Waals surface area contributed by atoms with Gasteiger partial charge in [0.1, 0.15) is 11.6 Å². The van der Waals surface area contributed by atoms with E-state index in [-0.39, 0.29) is 12.1 Å². The zero-order valence-electron chi connectivity index (χ0n) is 13.6. The van der Waals surface area contributed by atoms with Crippen LogP contribution in [0.1, 0.15) is 21.6 Å². The van der Waals surface area contributed by atoms with E-state index >= 15 is 0 Å². The standard InChI is InChI=1S/C17H12ClF2N5O2/c18-13-4-2-1-3-10(13)9-22-25-17(27)15(23-24-25)16(26)21-8-11-7-12(19)5-6-14(11)20/h1-7,9,24H,8H2,(H,21,26). The van der Waals surface area contributed by atoms with Crippen LogP contribution >= 0.6 is 11.6 Å². The van der Waals surface area contributed by atoms with Gasteiger partial charge in [-0.15, -0.1) is 9.89 Å². The molecule has 3 aromatic rings. The van der Waals surface area contributed by atoms with E-state index in [2.05, 4.69) is 20.7 Å². The number of amides is 1. The summed E-state index contributed by atoms with van der Waals surface area (Å²) < 4.78 is 26.7. The molecule has 0 aliphatic heterocycles. The maximum atomic E-state index is 13.6. The maximum Gasteiger partial charge on any atom is 0.320 e. The first-order valence-corrected chi connectivity index (χ1v) is 8.02. The molecule has 0 radical (unpaired) electrons. The monoisotopic (exact) mass is 391 g/mol. The SMILES string of the molecule is O=C(NCc1cc(F)ccc1F)c1n[nH]n(N=Cc2ccccc2Cl)c1=O. The Morgan fingerprint density at radius 3 is 2.85 bits per heavy atom. The molecular weight excluding hydrogens is 380 g/mol. The first kappa shape index (κ1) is 18.5. The number of nitrogens with zero attached hydrogens (tertiary/aromatic N) is 3. The van der Waals surface area contributed by atoms with Crippen molar-refractivity contribution in [2.75, 3.05) is 0 Å². The van der Waals surface area contributed by atoms with Crippen molar-refractivity contribution in [1.29, 1.82) is 0 Å². The van der Waals surface area contributed by atoms with Gasteiger partial charge in [0.25, 0.3) is 5.91 Å². The van der Waals surface area contributed by atoms with E-state index < -0.39 is 28.8 Å². The second-order valence-electron chi connectivity index (χ2n) is 5.36. The number of hydrogen-bond acceptors (Lipinski definition) is 4. The van der Waals surface area contributed by atoms with Gasteiger partial charge in [0.2, 0.25) is 5.69 Å². The van der Waals surface area contributed by atoms with Crippen molar-refractivity contribution in [2.24, 2.45) is 5.10 Å². The summed E-state index contributed by atoms with van der Waals surface area (Å²) in [6.07, 6.45) is 1.33. The zero-order valence-corrected chi connectivity index (χ0v) is 14.4. The number of rotatable bonds is 5. The van der Waals surface area contributed by atoms with Crippen molar-refractivity contribution in [3.8, 4) is 0 Å². The van der Waals surface area contributed by atoms with Gasteiger partial charge >= 0.3 is 5.56 Å². The van der Waals surface area contributed by atoms with Crippen LogP contribution in [0.25, 0.3) is 0 Å². The predicted octanol–water partition coefficient (Wildman–Crippen LogP) is 2.32. The van der Waals surface area contributed by atoms with E-state index in [9.17, 15) is 18.4 Å². The Balaban J connectivity index is 1.73. The van der Waals surface area contributed by atoms with Crippen LogP contribution in [0.15, 0.2) is 52.4 Å². The molecule has 138 valence electrons. The average molecular weight is 392 g/mol. The highest BCUT2D eigenvalue weighted by molar-refractivity contribution is 6.33. The summed E-state index contributed by atoms with van der Waals surface area (Å²) in [6.45, 7) is -0.308. The molecule has 0 spiro atoms. The Bertz CT molecular complexity index is 1080. The van der Waals surface area contributed by atoms with Crippen LogP contribution in [0.3, 0.4) is 0 Å². The molecule has 0 saturated heterocycles. The summed E-state index contributed by atoms with van der Waals surface area (Å²) in [7, 11) is 0. The Morgan fingerprint density at radius 1 is 1.30 bits per heavy atom. The lowest BCUT2D eigenvalue weighted by molar-refractivity contribution is 0.0944. The number of carbonyl (C=O) groups excluding carboxylic acids is 1. The minimum absolute atomic E-state index is 0.0593. The van der Waals surface area contributed by atoms with E-state index in [1.807, 2.05) is 0 Å². The predicted molar refractivity (Wildman–Crippen MR) is 94.8 cm³/mol. The molecule has 0 atom stereocenters. The second-order valence-corrected chi connectivity index (χ2v) is 5.77. The van der Waals surface area contributed by atoms with Gasteiger partial charge < -0.3 is 5.32 Å². The van der Waals surface area contributed by atoms with Crippen molar-refractivity contribution in [2.45, 2.75) is 6.54 Å². The fourth-order valence-electron chi connectivity index (χ4n) is 2.15. The Hall–Kier alpha value is -3.33. The van der Waals surface area contributed by atoms with Crippen molar-refractivity contribution in [3.05, 3.63) is 86.3 Å². The molecule has 3 rings (SSSR count).